The number of hydrogen-bond donors (Lipinski definition) is 1. The van der Waals surface area contributed by atoms with Crippen LogP contribution in [0.5, 0.6) is 0 Å². The van der Waals surface area contributed by atoms with E-state index < -0.39 is 0 Å². The third-order valence-electron chi connectivity index (χ3n) is 3.27. The Kier molecular flexibility index (Phi) is 6.29. The number of rotatable bonds is 7. The molecule has 1 saturated heterocycles. The Balaban J connectivity index is 1.91. The number of hydrogen-bond acceptors (Lipinski definition) is 6. The first kappa shape index (κ1) is 16.9. The maximum atomic E-state index is 12.1. The standard InChI is InChI=1S/C14H21N3O4S/c1-10-9-22-14(15-10)16-12(18)7-17(13(19)8-20-2)6-11-4-3-5-21-11/h9,11H,3-8H2,1-2H3,(H,15,16,18). The van der Waals surface area contributed by atoms with Crippen molar-refractivity contribution in [3.63, 3.8) is 0 Å². The van der Waals surface area contributed by atoms with E-state index in [1.54, 1.807) is 0 Å². The predicted molar refractivity (Wildman–Crippen MR) is 82.9 cm³/mol. The average molecular weight is 327 g/mol. The van der Waals surface area contributed by atoms with Crippen molar-refractivity contribution in [1.82, 2.24) is 9.88 Å². The number of carbonyl (C=O) groups excluding carboxylic acids is 2. The second kappa shape index (κ2) is 8.21. The molecule has 0 aliphatic carbocycles. The second-order valence-electron chi connectivity index (χ2n) is 5.18. The molecule has 2 amide bonds. The molecule has 0 radical (unpaired) electrons. The SMILES string of the molecule is COCC(=O)N(CC(=O)Nc1nc(C)cs1)CC1CCCO1. The molecular formula is C14H21N3O4S. The lowest BCUT2D eigenvalue weighted by atomic mass is 10.2. The highest BCUT2D eigenvalue weighted by molar-refractivity contribution is 7.13. The topological polar surface area (TPSA) is 80.8 Å². The van der Waals surface area contributed by atoms with Crippen molar-refractivity contribution >= 4 is 28.3 Å². The predicted octanol–water partition coefficient (Wildman–Crippen LogP) is 1.04. The lowest BCUT2D eigenvalue weighted by molar-refractivity contribution is -0.139. The van der Waals surface area contributed by atoms with Crippen LogP contribution in [0.15, 0.2) is 5.38 Å². The summed E-state index contributed by atoms with van der Waals surface area (Å²) in [4.78, 5) is 29.8. The lowest BCUT2D eigenvalue weighted by Crippen LogP contribution is -2.43. The molecule has 0 spiro atoms. The Morgan fingerprint density at radius 1 is 1.59 bits per heavy atom. The summed E-state index contributed by atoms with van der Waals surface area (Å²) in [7, 11) is 1.46. The van der Waals surface area contributed by atoms with Crippen molar-refractivity contribution in [1.29, 1.82) is 0 Å². The monoisotopic (exact) mass is 327 g/mol. The number of thiazole rings is 1. The van der Waals surface area contributed by atoms with E-state index in [9.17, 15) is 9.59 Å². The third kappa shape index (κ3) is 5.04. The molecule has 7 nitrogen and oxygen atoms in total. The number of nitrogens with one attached hydrogen (secondary N) is 1. The molecule has 122 valence electrons. The maximum Gasteiger partial charge on any atom is 0.249 e. The number of carbonyl (C=O) groups is 2. The fourth-order valence-electron chi connectivity index (χ4n) is 2.25. The van der Waals surface area contributed by atoms with Gasteiger partial charge in [-0.25, -0.2) is 4.98 Å². The quantitative estimate of drug-likeness (QED) is 0.809. The van der Waals surface area contributed by atoms with E-state index in [4.69, 9.17) is 9.47 Å². The van der Waals surface area contributed by atoms with Crippen molar-refractivity contribution in [2.75, 3.05) is 38.7 Å². The zero-order valence-corrected chi connectivity index (χ0v) is 13.6. The van der Waals surface area contributed by atoms with Crippen molar-refractivity contribution in [2.45, 2.75) is 25.9 Å². The van der Waals surface area contributed by atoms with Gasteiger partial charge in [-0.15, -0.1) is 11.3 Å². The van der Waals surface area contributed by atoms with Crippen LogP contribution in [0.1, 0.15) is 18.5 Å². The van der Waals surface area contributed by atoms with Gasteiger partial charge in [-0.2, -0.15) is 0 Å². The van der Waals surface area contributed by atoms with Crippen molar-refractivity contribution in [2.24, 2.45) is 0 Å². The van der Waals surface area contributed by atoms with Crippen LogP contribution >= 0.6 is 11.3 Å². The van der Waals surface area contributed by atoms with Crippen molar-refractivity contribution in [3.05, 3.63) is 11.1 Å². The first-order valence-corrected chi connectivity index (χ1v) is 8.06. The molecule has 1 atom stereocenters. The number of anilines is 1. The number of ether oxygens (including phenoxy) is 2. The Morgan fingerprint density at radius 2 is 2.41 bits per heavy atom. The van der Waals surface area contributed by atoms with Gasteiger partial charge in [-0.3, -0.25) is 9.59 Å². The number of nitrogens with zero attached hydrogens (tertiary/aromatic N) is 2. The Hall–Kier alpha value is -1.51. The summed E-state index contributed by atoms with van der Waals surface area (Å²) >= 11 is 1.36. The minimum Gasteiger partial charge on any atom is -0.376 e. The molecule has 8 heteroatoms. The van der Waals surface area contributed by atoms with E-state index in [1.807, 2.05) is 12.3 Å². The largest absolute Gasteiger partial charge is 0.376 e. The van der Waals surface area contributed by atoms with Crippen LogP contribution in [-0.2, 0) is 19.1 Å². The average Bonchev–Trinajstić information content (AvgIpc) is 3.10. The second-order valence-corrected chi connectivity index (χ2v) is 6.04. The molecule has 0 saturated carbocycles. The van der Waals surface area contributed by atoms with Gasteiger partial charge in [0.25, 0.3) is 0 Å². The van der Waals surface area contributed by atoms with Gasteiger partial charge >= 0.3 is 0 Å². The van der Waals surface area contributed by atoms with Crippen LogP contribution in [0.3, 0.4) is 0 Å². The number of amides is 2. The normalized spacial score (nSPS) is 17.5. The Bertz CT molecular complexity index is 514. The molecule has 1 unspecified atom stereocenters. The molecule has 1 aliphatic heterocycles. The number of aromatic nitrogens is 1. The summed E-state index contributed by atoms with van der Waals surface area (Å²) < 4.78 is 10.4. The smallest absolute Gasteiger partial charge is 0.249 e. The molecule has 2 heterocycles. The molecule has 1 N–H and O–H groups in total. The van der Waals surface area contributed by atoms with Gasteiger partial charge in [0, 0.05) is 25.6 Å². The summed E-state index contributed by atoms with van der Waals surface area (Å²) in [5.41, 5.74) is 0.854. The highest BCUT2D eigenvalue weighted by Crippen LogP contribution is 2.15. The van der Waals surface area contributed by atoms with Crippen LogP contribution in [0, 0.1) is 6.92 Å². The van der Waals surface area contributed by atoms with Crippen molar-refractivity contribution < 1.29 is 19.1 Å². The molecule has 1 fully saturated rings. The first-order valence-electron chi connectivity index (χ1n) is 7.18. The third-order valence-corrected chi connectivity index (χ3v) is 4.14. The fraction of sp³-hybridized carbons (Fsp3) is 0.643. The molecular weight excluding hydrogens is 306 g/mol. The molecule has 1 aromatic heterocycles. The Morgan fingerprint density at radius 3 is 3.00 bits per heavy atom. The van der Waals surface area contributed by atoms with E-state index in [0.29, 0.717) is 18.3 Å². The van der Waals surface area contributed by atoms with Gasteiger partial charge < -0.3 is 19.7 Å². The summed E-state index contributed by atoms with van der Waals surface area (Å²) in [6.07, 6.45) is 1.89. The van der Waals surface area contributed by atoms with Crippen LogP contribution < -0.4 is 5.32 Å². The summed E-state index contributed by atoms with van der Waals surface area (Å²) in [6.45, 7) is 2.91. The molecule has 1 aromatic rings. The minimum absolute atomic E-state index is 0.00397. The highest BCUT2D eigenvalue weighted by Gasteiger charge is 2.24. The van der Waals surface area contributed by atoms with Crippen LogP contribution in [0.25, 0.3) is 0 Å². The van der Waals surface area contributed by atoms with E-state index in [-0.39, 0.29) is 31.1 Å². The van der Waals surface area contributed by atoms with E-state index in [0.717, 1.165) is 18.5 Å². The van der Waals surface area contributed by atoms with Gasteiger partial charge in [0.1, 0.15) is 13.2 Å². The Labute approximate surface area is 133 Å². The van der Waals surface area contributed by atoms with E-state index >= 15 is 0 Å². The summed E-state index contributed by atoms with van der Waals surface area (Å²) in [5, 5.41) is 5.11. The van der Waals surface area contributed by atoms with Crippen LogP contribution in [-0.4, -0.2) is 61.2 Å². The van der Waals surface area contributed by atoms with Gasteiger partial charge in [0.15, 0.2) is 5.13 Å². The maximum absolute atomic E-state index is 12.1. The first-order chi connectivity index (χ1) is 10.6. The molecule has 0 aromatic carbocycles. The van der Waals surface area contributed by atoms with E-state index in [2.05, 4.69) is 10.3 Å². The summed E-state index contributed by atoms with van der Waals surface area (Å²) in [6, 6.07) is 0. The lowest BCUT2D eigenvalue weighted by Gasteiger charge is -2.24. The van der Waals surface area contributed by atoms with Gasteiger partial charge in [0.05, 0.1) is 11.8 Å². The minimum atomic E-state index is -0.267. The van der Waals surface area contributed by atoms with Gasteiger partial charge in [-0.05, 0) is 19.8 Å². The highest BCUT2D eigenvalue weighted by atomic mass is 32.1. The van der Waals surface area contributed by atoms with Gasteiger partial charge in [0.2, 0.25) is 11.8 Å². The zero-order valence-electron chi connectivity index (χ0n) is 12.8. The van der Waals surface area contributed by atoms with Gasteiger partial charge in [-0.1, -0.05) is 0 Å². The molecule has 1 aliphatic rings. The fourth-order valence-corrected chi connectivity index (χ4v) is 2.95. The van der Waals surface area contributed by atoms with Crippen LogP contribution in [0.4, 0.5) is 5.13 Å². The zero-order chi connectivity index (χ0) is 15.9. The summed E-state index contributed by atoms with van der Waals surface area (Å²) in [5.74, 6) is -0.486. The van der Waals surface area contributed by atoms with Crippen molar-refractivity contribution in [3.8, 4) is 0 Å². The molecule has 2 rings (SSSR count). The molecule has 0 bridgehead atoms. The number of aryl methyl sites for hydroxylation is 1. The number of methoxy groups -OCH3 is 1. The molecule has 22 heavy (non-hydrogen) atoms. The van der Waals surface area contributed by atoms with Crippen LogP contribution in [0.2, 0.25) is 0 Å². The van der Waals surface area contributed by atoms with E-state index in [1.165, 1.54) is 23.3 Å².